The molecule has 5 heteroatoms. The molecule has 2 aromatic heterocycles. The Morgan fingerprint density at radius 2 is 2.09 bits per heavy atom. The van der Waals surface area contributed by atoms with Crippen LogP contribution in [-0.4, -0.2) is 14.8 Å². The molecule has 4 rings (SSSR count). The van der Waals surface area contributed by atoms with Crippen LogP contribution in [0.15, 0.2) is 5.38 Å². The normalized spacial score (nSPS) is 22.7. The monoisotopic (exact) mass is 333 g/mol. The first-order chi connectivity index (χ1) is 10.7. The zero-order valence-electron chi connectivity index (χ0n) is 13.1. The zero-order chi connectivity index (χ0) is 15.1. The van der Waals surface area contributed by atoms with Crippen LogP contribution in [0.25, 0.3) is 11.4 Å². The summed E-state index contributed by atoms with van der Waals surface area (Å²) in [5, 5.41) is 9.98. The van der Waals surface area contributed by atoms with Gasteiger partial charge in [0.1, 0.15) is 0 Å². The highest BCUT2D eigenvalue weighted by atomic mass is 32.1. The van der Waals surface area contributed by atoms with Crippen LogP contribution < -0.4 is 0 Å². The standard InChI is InChI=1S/C17H23N3S2/c1-11-7-8-13-14(10-22-15(13)9-11)16-18-19-17(21)20(16)12-5-3-2-4-6-12/h10-12H,2-9H2,1H3,(H,19,21). The van der Waals surface area contributed by atoms with E-state index in [1.54, 1.807) is 4.88 Å². The molecule has 2 aromatic rings. The van der Waals surface area contributed by atoms with Gasteiger partial charge >= 0.3 is 0 Å². The molecule has 1 unspecified atom stereocenters. The molecule has 0 aliphatic heterocycles. The molecule has 1 atom stereocenters. The second-order valence-electron chi connectivity index (χ2n) is 6.91. The van der Waals surface area contributed by atoms with Crippen LogP contribution in [0.4, 0.5) is 0 Å². The Labute approximate surface area is 140 Å². The molecule has 0 spiro atoms. The second-order valence-corrected chi connectivity index (χ2v) is 8.26. The lowest BCUT2D eigenvalue weighted by molar-refractivity contribution is 0.352. The summed E-state index contributed by atoms with van der Waals surface area (Å²) >= 11 is 7.46. The zero-order valence-corrected chi connectivity index (χ0v) is 14.7. The molecular weight excluding hydrogens is 310 g/mol. The number of aromatic nitrogens is 3. The number of H-pyrrole nitrogens is 1. The van der Waals surface area contributed by atoms with Crippen molar-refractivity contribution in [3.05, 3.63) is 20.6 Å². The molecule has 0 radical (unpaired) electrons. The fraction of sp³-hybridized carbons (Fsp3) is 0.647. The van der Waals surface area contributed by atoms with Crippen molar-refractivity contribution in [2.45, 2.75) is 64.3 Å². The largest absolute Gasteiger partial charge is 0.297 e. The number of nitrogens with zero attached hydrogens (tertiary/aromatic N) is 2. The molecular formula is C17H23N3S2. The average Bonchev–Trinajstić information content (AvgIpc) is 3.11. The maximum absolute atomic E-state index is 5.55. The lowest BCUT2D eigenvalue weighted by Gasteiger charge is -2.24. The van der Waals surface area contributed by atoms with Crippen molar-refractivity contribution in [2.24, 2.45) is 5.92 Å². The van der Waals surface area contributed by atoms with Crippen LogP contribution >= 0.6 is 23.6 Å². The van der Waals surface area contributed by atoms with E-state index in [0.29, 0.717) is 6.04 Å². The van der Waals surface area contributed by atoms with E-state index < -0.39 is 0 Å². The van der Waals surface area contributed by atoms with E-state index in [4.69, 9.17) is 12.2 Å². The van der Waals surface area contributed by atoms with E-state index in [1.807, 2.05) is 11.3 Å². The van der Waals surface area contributed by atoms with Gasteiger partial charge < -0.3 is 0 Å². The highest BCUT2D eigenvalue weighted by Gasteiger charge is 2.26. The van der Waals surface area contributed by atoms with Gasteiger partial charge in [-0.05, 0) is 55.8 Å². The van der Waals surface area contributed by atoms with Crippen molar-refractivity contribution >= 4 is 23.6 Å². The van der Waals surface area contributed by atoms with Crippen LogP contribution in [0, 0.1) is 10.7 Å². The number of hydrogen-bond acceptors (Lipinski definition) is 3. The third-order valence-electron chi connectivity index (χ3n) is 5.29. The predicted molar refractivity (Wildman–Crippen MR) is 94.0 cm³/mol. The minimum atomic E-state index is 0.535. The van der Waals surface area contributed by atoms with E-state index in [9.17, 15) is 0 Å². The molecule has 22 heavy (non-hydrogen) atoms. The van der Waals surface area contributed by atoms with Crippen molar-refractivity contribution in [3.63, 3.8) is 0 Å². The van der Waals surface area contributed by atoms with Crippen molar-refractivity contribution in [2.75, 3.05) is 0 Å². The summed E-state index contributed by atoms with van der Waals surface area (Å²) < 4.78 is 3.11. The fourth-order valence-electron chi connectivity index (χ4n) is 4.04. The van der Waals surface area contributed by atoms with Gasteiger partial charge in [0, 0.05) is 21.9 Å². The van der Waals surface area contributed by atoms with E-state index >= 15 is 0 Å². The van der Waals surface area contributed by atoms with Gasteiger partial charge in [0.2, 0.25) is 0 Å². The van der Waals surface area contributed by atoms with E-state index in [-0.39, 0.29) is 0 Å². The molecule has 1 saturated carbocycles. The number of fused-ring (bicyclic) bond motifs is 1. The SMILES string of the molecule is CC1CCc2c(-c3n[nH]c(=S)n3C3CCCCC3)csc2C1. The minimum absolute atomic E-state index is 0.535. The summed E-state index contributed by atoms with van der Waals surface area (Å²) in [5.41, 5.74) is 2.87. The number of rotatable bonds is 2. The predicted octanol–water partition coefficient (Wildman–Crippen LogP) is 5.30. The summed E-state index contributed by atoms with van der Waals surface area (Å²) in [6.45, 7) is 2.36. The van der Waals surface area contributed by atoms with Crippen LogP contribution in [0.2, 0.25) is 0 Å². The summed E-state index contributed by atoms with van der Waals surface area (Å²) in [4.78, 5) is 1.57. The van der Waals surface area contributed by atoms with E-state index in [1.165, 1.54) is 62.5 Å². The molecule has 3 nitrogen and oxygen atoms in total. The Hall–Kier alpha value is -0.940. The summed E-state index contributed by atoms with van der Waals surface area (Å²) in [6, 6.07) is 0.535. The van der Waals surface area contributed by atoms with E-state index in [0.717, 1.165) is 16.5 Å². The molecule has 0 amide bonds. The molecule has 0 aromatic carbocycles. The molecule has 1 N–H and O–H groups in total. The maximum Gasteiger partial charge on any atom is 0.195 e. The van der Waals surface area contributed by atoms with E-state index in [2.05, 4.69) is 27.1 Å². The van der Waals surface area contributed by atoms with Gasteiger partial charge in [-0.15, -0.1) is 11.3 Å². The Morgan fingerprint density at radius 3 is 2.91 bits per heavy atom. The average molecular weight is 334 g/mol. The highest BCUT2D eigenvalue weighted by molar-refractivity contribution is 7.71. The van der Waals surface area contributed by atoms with Gasteiger partial charge in [0.15, 0.2) is 10.6 Å². The van der Waals surface area contributed by atoms with Crippen molar-refractivity contribution in [1.29, 1.82) is 0 Å². The first-order valence-electron chi connectivity index (χ1n) is 8.50. The summed E-state index contributed by atoms with van der Waals surface area (Å²) in [5.74, 6) is 1.90. The smallest absolute Gasteiger partial charge is 0.195 e. The topological polar surface area (TPSA) is 33.6 Å². The molecule has 0 saturated heterocycles. The first kappa shape index (κ1) is 14.6. The van der Waals surface area contributed by atoms with Gasteiger partial charge in [0.25, 0.3) is 0 Å². The molecule has 118 valence electrons. The second kappa shape index (κ2) is 5.93. The third-order valence-corrected chi connectivity index (χ3v) is 6.63. The third kappa shape index (κ3) is 2.48. The van der Waals surface area contributed by atoms with Gasteiger partial charge in [-0.2, -0.15) is 5.10 Å². The molecule has 1 fully saturated rings. The van der Waals surface area contributed by atoms with Gasteiger partial charge in [-0.3, -0.25) is 9.67 Å². The number of thiophene rings is 1. The van der Waals surface area contributed by atoms with Crippen LogP contribution in [0.1, 0.15) is 61.9 Å². The van der Waals surface area contributed by atoms with Gasteiger partial charge in [0.05, 0.1) is 0 Å². The van der Waals surface area contributed by atoms with Crippen LogP contribution in [-0.2, 0) is 12.8 Å². The Kier molecular flexibility index (Phi) is 3.95. The van der Waals surface area contributed by atoms with Crippen molar-refractivity contribution in [3.8, 4) is 11.4 Å². The molecule has 2 aliphatic rings. The highest BCUT2D eigenvalue weighted by Crippen LogP contribution is 2.39. The van der Waals surface area contributed by atoms with Crippen LogP contribution in [0.5, 0.6) is 0 Å². The Bertz CT molecular complexity index is 719. The maximum atomic E-state index is 5.55. The van der Waals surface area contributed by atoms with Gasteiger partial charge in [-0.1, -0.05) is 26.2 Å². The van der Waals surface area contributed by atoms with Crippen molar-refractivity contribution < 1.29 is 0 Å². The molecule has 0 bridgehead atoms. The van der Waals surface area contributed by atoms with Crippen molar-refractivity contribution in [1.82, 2.24) is 14.8 Å². The number of hydrogen-bond donors (Lipinski definition) is 1. The number of nitrogens with one attached hydrogen (secondary N) is 1. The van der Waals surface area contributed by atoms with Gasteiger partial charge in [-0.25, -0.2) is 0 Å². The molecule has 2 heterocycles. The lowest BCUT2D eigenvalue weighted by atomic mass is 9.88. The fourth-order valence-corrected chi connectivity index (χ4v) is 5.56. The lowest BCUT2D eigenvalue weighted by Crippen LogP contribution is -2.15. The Balaban J connectivity index is 1.76. The molecule has 2 aliphatic carbocycles. The minimum Gasteiger partial charge on any atom is -0.297 e. The number of aromatic amines is 1. The first-order valence-corrected chi connectivity index (χ1v) is 9.79. The quantitative estimate of drug-likeness (QED) is 0.757. The summed E-state index contributed by atoms with van der Waals surface area (Å²) in [6.07, 6.45) is 10.2. The van der Waals surface area contributed by atoms with Crippen LogP contribution in [0.3, 0.4) is 0 Å². The Morgan fingerprint density at radius 1 is 1.27 bits per heavy atom. The summed E-state index contributed by atoms with van der Waals surface area (Å²) in [7, 11) is 0.